The Kier molecular flexibility index (Phi) is 12.6. The van der Waals surface area contributed by atoms with Crippen LogP contribution in [0.1, 0.15) is 11.4 Å². The molecule has 2 aromatic rings. The zero-order chi connectivity index (χ0) is 22.9. The number of nitrogen functional groups attached to an aromatic ring is 1. The summed E-state index contributed by atoms with van der Waals surface area (Å²) >= 11 is 0. The number of nitrogens with zero attached hydrogens (tertiary/aromatic N) is 3. The van der Waals surface area contributed by atoms with E-state index in [-0.39, 0.29) is 23.0 Å². The van der Waals surface area contributed by atoms with Crippen molar-refractivity contribution in [3.63, 3.8) is 0 Å². The number of H-pyrrole nitrogens is 2. The monoisotopic (exact) mass is 416 g/mol. The number of aryl methyl sites for hydroxylation is 2. The van der Waals surface area contributed by atoms with E-state index in [4.69, 9.17) is 5.73 Å². The van der Waals surface area contributed by atoms with Gasteiger partial charge in [0.1, 0.15) is 0 Å². The molecule has 0 bridgehead atoms. The number of anilines is 2. The summed E-state index contributed by atoms with van der Waals surface area (Å²) in [5, 5.41) is 4.88. The Balaban J connectivity index is 0.000000475. The maximum absolute atomic E-state index is 11.2. The Bertz CT molecular complexity index is 982. The molecule has 6 N–H and O–H groups in total. The molecular weight excluding hydrogens is 392 g/mol. The predicted octanol–water partition coefficient (Wildman–Crippen LogP) is 0.555. The first-order chi connectivity index (χ1) is 14.2. The standard InChI is InChI=1S/C9H12N4O2.C5H7N3O.C4H5NO/c1-3-4-10-9(15)13-8-11-6(2)5-7(14)12-8;1-3-2-4(9)8-5(6)7-3;1-2-3-5-4-6/h3,5H,1,4H2,2H3,(H3,10,11,12,13,14,15);2H,1H3,(H3,6,7,8,9);2H,1,3H2. The van der Waals surface area contributed by atoms with E-state index in [0.29, 0.717) is 24.5 Å². The van der Waals surface area contributed by atoms with Crippen molar-refractivity contribution in [1.82, 2.24) is 25.3 Å². The van der Waals surface area contributed by atoms with Gasteiger partial charge in [-0.25, -0.2) is 24.5 Å². The number of hydrogen-bond donors (Lipinski definition) is 5. The Morgan fingerprint density at radius 2 is 1.77 bits per heavy atom. The molecule has 0 saturated heterocycles. The number of aromatic amines is 2. The van der Waals surface area contributed by atoms with Crippen molar-refractivity contribution >= 4 is 24.0 Å². The zero-order valence-electron chi connectivity index (χ0n) is 16.7. The third-order valence-corrected chi connectivity index (χ3v) is 2.68. The summed E-state index contributed by atoms with van der Waals surface area (Å²) in [4.78, 5) is 57.5. The minimum atomic E-state index is -0.441. The Morgan fingerprint density at radius 3 is 2.20 bits per heavy atom. The molecule has 2 rings (SSSR count). The van der Waals surface area contributed by atoms with Gasteiger partial charge in [-0.2, -0.15) is 0 Å². The van der Waals surface area contributed by atoms with Gasteiger partial charge in [-0.05, 0) is 13.8 Å². The van der Waals surface area contributed by atoms with Gasteiger partial charge in [0.2, 0.25) is 18.0 Å². The molecule has 0 aromatic carbocycles. The second-order valence-corrected chi connectivity index (χ2v) is 5.35. The summed E-state index contributed by atoms with van der Waals surface area (Å²) in [6, 6.07) is 2.28. The Hall–Kier alpha value is -4.31. The molecule has 0 atom stereocenters. The van der Waals surface area contributed by atoms with E-state index in [1.165, 1.54) is 24.3 Å². The number of urea groups is 1. The number of isocyanates is 1. The summed E-state index contributed by atoms with van der Waals surface area (Å²) in [5.41, 5.74) is 5.86. The van der Waals surface area contributed by atoms with Crippen LogP contribution < -0.4 is 27.5 Å². The summed E-state index contributed by atoms with van der Waals surface area (Å²) in [7, 11) is 0. The molecule has 2 heterocycles. The number of nitrogens with one attached hydrogen (secondary N) is 4. The first kappa shape index (κ1) is 25.7. The van der Waals surface area contributed by atoms with Crippen LogP contribution in [-0.2, 0) is 4.79 Å². The molecule has 12 heteroatoms. The number of carbonyl (C=O) groups excluding carboxylic acids is 2. The maximum atomic E-state index is 11.2. The van der Waals surface area contributed by atoms with Gasteiger partial charge in [0.05, 0.1) is 6.54 Å². The molecule has 0 radical (unpaired) electrons. The number of aliphatic imine (C=N–C) groups is 1. The first-order valence-corrected chi connectivity index (χ1v) is 8.43. The Morgan fingerprint density at radius 1 is 1.17 bits per heavy atom. The van der Waals surface area contributed by atoms with Gasteiger partial charge in [-0.1, -0.05) is 12.2 Å². The molecule has 0 spiro atoms. The minimum absolute atomic E-state index is 0.126. The van der Waals surface area contributed by atoms with Gasteiger partial charge in [-0.3, -0.25) is 24.9 Å². The maximum Gasteiger partial charge on any atom is 0.321 e. The predicted molar refractivity (Wildman–Crippen MR) is 114 cm³/mol. The van der Waals surface area contributed by atoms with Crippen LogP contribution in [0.3, 0.4) is 0 Å². The van der Waals surface area contributed by atoms with Crippen molar-refractivity contribution in [2.75, 3.05) is 24.1 Å². The van der Waals surface area contributed by atoms with E-state index in [9.17, 15) is 19.2 Å². The summed E-state index contributed by atoms with van der Waals surface area (Å²) < 4.78 is 0. The number of rotatable bonds is 5. The van der Waals surface area contributed by atoms with Crippen molar-refractivity contribution in [1.29, 1.82) is 0 Å². The lowest BCUT2D eigenvalue weighted by molar-refractivity contribution is 0.253. The van der Waals surface area contributed by atoms with Crippen LogP contribution in [0, 0.1) is 13.8 Å². The fourth-order valence-electron chi connectivity index (χ4n) is 1.66. The summed E-state index contributed by atoms with van der Waals surface area (Å²) in [5.74, 6) is 0.293. The third-order valence-electron chi connectivity index (χ3n) is 2.68. The van der Waals surface area contributed by atoms with Crippen LogP contribution in [-0.4, -0.2) is 45.1 Å². The minimum Gasteiger partial charge on any atom is -0.369 e. The third kappa shape index (κ3) is 12.9. The van der Waals surface area contributed by atoms with Gasteiger partial charge in [0.25, 0.3) is 11.1 Å². The lowest BCUT2D eigenvalue weighted by Crippen LogP contribution is -2.30. The largest absolute Gasteiger partial charge is 0.369 e. The van der Waals surface area contributed by atoms with Gasteiger partial charge in [-0.15, -0.1) is 13.2 Å². The van der Waals surface area contributed by atoms with Crippen molar-refractivity contribution in [2.24, 2.45) is 4.99 Å². The number of nitrogens with two attached hydrogens (primary N) is 1. The van der Waals surface area contributed by atoms with Crippen LogP contribution in [0.5, 0.6) is 0 Å². The molecule has 0 aliphatic carbocycles. The number of hydrogen-bond acceptors (Lipinski definition) is 8. The van der Waals surface area contributed by atoms with Gasteiger partial charge in [0.15, 0.2) is 0 Å². The van der Waals surface area contributed by atoms with Gasteiger partial charge in [0, 0.05) is 30.1 Å². The second kappa shape index (κ2) is 14.7. The second-order valence-electron chi connectivity index (χ2n) is 5.35. The number of aromatic nitrogens is 4. The van der Waals surface area contributed by atoms with Crippen molar-refractivity contribution in [2.45, 2.75) is 13.8 Å². The average molecular weight is 416 g/mol. The normalized spacial score (nSPS) is 8.73. The molecule has 2 amide bonds. The van der Waals surface area contributed by atoms with E-state index in [0.717, 1.165) is 0 Å². The highest BCUT2D eigenvalue weighted by Crippen LogP contribution is 1.94. The smallest absolute Gasteiger partial charge is 0.321 e. The van der Waals surface area contributed by atoms with Crippen molar-refractivity contribution in [3.05, 3.63) is 69.5 Å². The lowest BCUT2D eigenvalue weighted by atomic mass is 10.4. The fraction of sp³-hybridized carbons (Fsp3) is 0.222. The molecular formula is C18H24N8O4. The van der Waals surface area contributed by atoms with Crippen LogP contribution in [0.25, 0.3) is 0 Å². The van der Waals surface area contributed by atoms with E-state index in [2.05, 4.69) is 48.7 Å². The molecule has 0 aliphatic heterocycles. The van der Waals surface area contributed by atoms with Crippen LogP contribution in [0.4, 0.5) is 16.7 Å². The van der Waals surface area contributed by atoms with Crippen molar-refractivity contribution < 1.29 is 9.59 Å². The van der Waals surface area contributed by atoms with Crippen molar-refractivity contribution in [3.8, 4) is 0 Å². The molecule has 0 fully saturated rings. The van der Waals surface area contributed by atoms with Gasteiger partial charge >= 0.3 is 6.03 Å². The van der Waals surface area contributed by atoms with Crippen LogP contribution >= 0.6 is 0 Å². The highest BCUT2D eigenvalue weighted by atomic mass is 16.2. The van der Waals surface area contributed by atoms with E-state index in [1.807, 2.05) is 0 Å². The van der Waals surface area contributed by atoms with Crippen LogP contribution in [0.15, 0.2) is 52.0 Å². The molecule has 0 aliphatic rings. The molecule has 0 saturated carbocycles. The molecule has 30 heavy (non-hydrogen) atoms. The average Bonchev–Trinajstić information content (AvgIpc) is 2.63. The SMILES string of the molecule is C=CCN=C=O.C=CCNC(=O)Nc1nc(C)cc(=O)[nH]1.Cc1cc(=O)[nH]c(N)n1. The first-order valence-electron chi connectivity index (χ1n) is 8.43. The molecule has 0 unspecified atom stereocenters. The molecule has 12 nitrogen and oxygen atoms in total. The topological polar surface area (TPSA) is 188 Å². The summed E-state index contributed by atoms with van der Waals surface area (Å²) in [6.07, 6.45) is 4.45. The highest BCUT2D eigenvalue weighted by molar-refractivity contribution is 5.87. The van der Waals surface area contributed by atoms with Crippen LogP contribution in [0.2, 0.25) is 0 Å². The van der Waals surface area contributed by atoms with E-state index < -0.39 is 6.03 Å². The van der Waals surface area contributed by atoms with Gasteiger partial charge < -0.3 is 11.1 Å². The fourth-order valence-corrected chi connectivity index (χ4v) is 1.66. The molecule has 160 valence electrons. The van der Waals surface area contributed by atoms with E-state index >= 15 is 0 Å². The Labute approximate surface area is 172 Å². The highest BCUT2D eigenvalue weighted by Gasteiger charge is 2.02. The van der Waals surface area contributed by atoms with E-state index in [1.54, 1.807) is 19.9 Å². The zero-order valence-corrected chi connectivity index (χ0v) is 16.7. The molecule has 2 aromatic heterocycles. The number of amides is 2. The summed E-state index contributed by atoms with van der Waals surface area (Å²) in [6.45, 7) is 10.9. The quantitative estimate of drug-likeness (QED) is 0.267. The lowest BCUT2D eigenvalue weighted by Gasteiger charge is -2.04. The number of carbonyl (C=O) groups is 1.